The first kappa shape index (κ1) is 13.2. The van der Waals surface area contributed by atoms with Crippen molar-refractivity contribution in [2.75, 3.05) is 20.0 Å². The van der Waals surface area contributed by atoms with Crippen LogP contribution in [-0.2, 0) is 4.74 Å². The van der Waals surface area contributed by atoms with Crippen LogP contribution in [0.4, 0.5) is 0 Å². The second kappa shape index (κ2) is 6.04. The van der Waals surface area contributed by atoms with Gasteiger partial charge in [-0.25, -0.2) is 4.79 Å². The normalized spacial score (nSPS) is 9.62. The first-order valence-electron chi connectivity index (χ1n) is 4.16. The average Bonchev–Trinajstić information content (AvgIpc) is 2.62. The van der Waals surface area contributed by atoms with Gasteiger partial charge in [-0.2, -0.15) is 0 Å². The molecule has 0 aliphatic carbocycles. The molecule has 0 aliphatic rings. The number of carbonyl (C=O) groups excluding carboxylic acids is 1. The van der Waals surface area contributed by atoms with E-state index in [1.807, 2.05) is 6.26 Å². The van der Waals surface area contributed by atoms with E-state index in [-0.39, 0.29) is 6.61 Å². The van der Waals surface area contributed by atoms with E-state index in [0.29, 0.717) is 15.6 Å². The summed E-state index contributed by atoms with van der Waals surface area (Å²) in [5.74, 6) is 2.15. The molecule has 0 atom stereocenters. The maximum Gasteiger partial charge on any atom is 0.351 e. The molecule has 16 heavy (non-hydrogen) atoms. The van der Waals surface area contributed by atoms with Crippen molar-refractivity contribution in [3.63, 3.8) is 0 Å². The maximum atomic E-state index is 11.5. The Balaban J connectivity index is 3.15. The topological polar surface area (TPSA) is 35.5 Å². The number of hydrogen-bond donors (Lipinski definition) is 0. The Hall–Kier alpha value is -0.830. The van der Waals surface area contributed by atoms with E-state index in [9.17, 15) is 4.79 Å². The number of rotatable bonds is 4. The fourth-order valence-corrected chi connectivity index (χ4v) is 3.17. The number of methoxy groups -OCH3 is 1. The zero-order chi connectivity index (χ0) is 12.1. The average molecular weight is 277 g/mol. The van der Waals surface area contributed by atoms with Gasteiger partial charge >= 0.3 is 5.97 Å². The summed E-state index contributed by atoms with van der Waals surface area (Å²) in [6, 6.07) is 0. The molecule has 0 fully saturated rings. The van der Waals surface area contributed by atoms with Crippen LogP contribution in [0, 0.1) is 12.3 Å². The molecule has 6 heteroatoms. The van der Waals surface area contributed by atoms with Crippen molar-refractivity contribution >= 4 is 40.7 Å². The van der Waals surface area contributed by atoms with Gasteiger partial charge in [0.1, 0.15) is 11.6 Å². The van der Waals surface area contributed by atoms with Gasteiger partial charge in [0.15, 0.2) is 10.6 Å². The van der Waals surface area contributed by atoms with Crippen molar-refractivity contribution in [3.05, 3.63) is 9.90 Å². The van der Waals surface area contributed by atoms with Crippen LogP contribution in [0.3, 0.4) is 0 Å². The van der Waals surface area contributed by atoms with Crippen LogP contribution in [0.5, 0.6) is 5.75 Å². The third-order valence-corrected chi connectivity index (χ3v) is 4.49. The number of hydrogen-bond acceptors (Lipinski definition) is 5. The van der Waals surface area contributed by atoms with E-state index in [2.05, 4.69) is 10.7 Å². The summed E-state index contributed by atoms with van der Waals surface area (Å²) in [5, 5.41) is 0.410. The largest absolute Gasteiger partial charge is 0.478 e. The van der Waals surface area contributed by atoms with Crippen molar-refractivity contribution in [1.29, 1.82) is 0 Å². The van der Waals surface area contributed by atoms with Gasteiger partial charge in [0, 0.05) is 0 Å². The van der Waals surface area contributed by atoms with E-state index in [1.165, 1.54) is 30.2 Å². The molecule has 0 unspecified atom stereocenters. The van der Waals surface area contributed by atoms with Crippen molar-refractivity contribution in [2.24, 2.45) is 0 Å². The van der Waals surface area contributed by atoms with E-state index < -0.39 is 5.97 Å². The monoisotopic (exact) mass is 276 g/mol. The molecule has 0 radical (unpaired) electrons. The molecule has 0 N–H and O–H groups in total. The Labute approximate surface area is 107 Å². The second-order valence-corrected chi connectivity index (χ2v) is 5.02. The van der Waals surface area contributed by atoms with E-state index in [0.717, 1.165) is 4.21 Å². The van der Waals surface area contributed by atoms with Crippen molar-refractivity contribution < 1.29 is 14.3 Å². The highest BCUT2D eigenvalue weighted by Crippen LogP contribution is 2.44. The smallest absolute Gasteiger partial charge is 0.351 e. The van der Waals surface area contributed by atoms with Crippen LogP contribution in [0.15, 0.2) is 4.21 Å². The third kappa shape index (κ3) is 2.64. The third-order valence-electron chi connectivity index (χ3n) is 1.64. The van der Waals surface area contributed by atoms with Gasteiger partial charge in [0.05, 0.1) is 11.3 Å². The summed E-state index contributed by atoms with van der Waals surface area (Å²) < 4.78 is 10.7. The van der Waals surface area contributed by atoms with Crippen LogP contribution in [0.25, 0.3) is 0 Å². The lowest BCUT2D eigenvalue weighted by molar-refractivity contribution is 0.0602. The Morgan fingerprint density at radius 3 is 2.88 bits per heavy atom. The molecule has 0 aromatic carbocycles. The Kier molecular flexibility index (Phi) is 5.00. The molecular weight excluding hydrogens is 268 g/mol. The minimum absolute atomic E-state index is 0.0638. The lowest BCUT2D eigenvalue weighted by Crippen LogP contribution is -2.02. The molecule has 0 saturated heterocycles. The molecule has 0 amide bonds. The molecule has 3 nitrogen and oxygen atoms in total. The number of halogens is 1. The first-order chi connectivity index (χ1) is 7.65. The van der Waals surface area contributed by atoms with E-state index >= 15 is 0 Å². The first-order valence-corrected chi connectivity index (χ1v) is 6.58. The summed E-state index contributed by atoms with van der Waals surface area (Å²) in [4.78, 5) is 11.8. The standard InChI is InChI=1S/C10H9ClO3S2/c1-4-5-14-7-6(11)10(15-3)16-8(7)9(12)13-2/h1H,5H2,2-3H3. The summed E-state index contributed by atoms with van der Waals surface area (Å²) >= 11 is 8.73. The maximum absolute atomic E-state index is 11.5. The number of esters is 1. The van der Waals surface area contributed by atoms with Crippen LogP contribution in [0.2, 0.25) is 5.02 Å². The lowest BCUT2D eigenvalue weighted by atomic mass is 10.4. The number of thiophene rings is 1. The van der Waals surface area contributed by atoms with Crippen molar-refractivity contribution in [1.82, 2.24) is 0 Å². The van der Waals surface area contributed by atoms with Crippen LogP contribution >= 0.6 is 34.7 Å². The fourth-order valence-electron chi connectivity index (χ4n) is 0.977. The molecule has 0 aliphatic heterocycles. The highest BCUT2D eigenvalue weighted by atomic mass is 35.5. The van der Waals surface area contributed by atoms with Crippen molar-refractivity contribution in [3.8, 4) is 18.1 Å². The Morgan fingerprint density at radius 1 is 1.69 bits per heavy atom. The van der Waals surface area contributed by atoms with Gasteiger partial charge in [-0.15, -0.1) is 29.5 Å². The molecule has 0 spiro atoms. The van der Waals surface area contributed by atoms with E-state index in [1.54, 1.807) is 0 Å². The zero-order valence-electron chi connectivity index (χ0n) is 8.70. The molecule has 0 saturated carbocycles. The van der Waals surface area contributed by atoms with E-state index in [4.69, 9.17) is 22.8 Å². The predicted molar refractivity (Wildman–Crippen MR) is 66.8 cm³/mol. The molecule has 1 aromatic heterocycles. The number of terminal acetylenes is 1. The molecule has 0 bridgehead atoms. The SMILES string of the molecule is C#CCOc1c(C(=O)OC)sc(SC)c1Cl. The van der Waals surface area contributed by atoms with Crippen LogP contribution in [0.1, 0.15) is 9.67 Å². The van der Waals surface area contributed by atoms with Gasteiger partial charge in [0.25, 0.3) is 0 Å². The van der Waals surface area contributed by atoms with Gasteiger partial charge in [-0.1, -0.05) is 17.5 Å². The molecular formula is C10H9ClO3S2. The number of thioether (sulfide) groups is 1. The second-order valence-electron chi connectivity index (χ2n) is 2.55. The van der Waals surface area contributed by atoms with Gasteiger partial charge in [0.2, 0.25) is 0 Å². The van der Waals surface area contributed by atoms with Crippen LogP contribution < -0.4 is 4.74 Å². The highest BCUT2D eigenvalue weighted by Gasteiger charge is 2.23. The number of carbonyl (C=O) groups is 1. The summed E-state index contributed by atoms with van der Waals surface area (Å²) in [7, 11) is 1.31. The lowest BCUT2D eigenvalue weighted by Gasteiger charge is -2.03. The minimum Gasteiger partial charge on any atom is -0.478 e. The molecule has 86 valence electrons. The molecule has 1 heterocycles. The summed E-state index contributed by atoms with van der Waals surface area (Å²) in [5.41, 5.74) is 0. The quantitative estimate of drug-likeness (QED) is 0.481. The summed E-state index contributed by atoms with van der Waals surface area (Å²) in [6.07, 6.45) is 6.95. The fraction of sp³-hybridized carbons (Fsp3) is 0.300. The predicted octanol–water partition coefficient (Wildman–Crippen LogP) is 2.92. The Bertz CT molecular complexity index is 434. The van der Waals surface area contributed by atoms with Gasteiger partial charge < -0.3 is 9.47 Å². The zero-order valence-corrected chi connectivity index (χ0v) is 11.1. The summed E-state index contributed by atoms with van der Waals surface area (Å²) in [6.45, 7) is 0.0638. The van der Waals surface area contributed by atoms with Gasteiger partial charge in [-0.05, 0) is 6.26 Å². The molecule has 1 aromatic rings. The number of ether oxygens (including phenoxy) is 2. The van der Waals surface area contributed by atoms with Crippen LogP contribution in [-0.4, -0.2) is 25.9 Å². The van der Waals surface area contributed by atoms with Crippen molar-refractivity contribution in [2.45, 2.75) is 4.21 Å². The van der Waals surface area contributed by atoms with Gasteiger partial charge in [-0.3, -0.25) is 0 Å². The Morgan fingerprint density at radius 2 is 2.38 bits per heavy atom. The highest BCUT2D eigenvalue weighted by molar-refractivity contribution is 8.00. The minimum atomic E-state index is -0.473. The molecule has 1 rings (SSSR count).